The molecule has 0 saturated heterocycles. The molecule has 0 radical (unpaired) electrons. The summed E-state index contributed by atoms with van der Waals surface area (Å²) in [5.74, 6) is 1.000. The lowest BCUT2D eigenvalue weighted by molar-refractivity contribution is 0.273. The van der Waals surface area contributed by atoms with E-state index >= 15 is 0 Å². The maximum Gasteiger partial charge on any atom is 0.0923 e. The highest BCUT2D eigenvalue weighted by Crippen LogP contribution is 2.45. The number of nitrogens with zero attached hydrogens (tertiary/aromatic N) is 1. The average Bonchev–Trinajstić information content (AvgIpc) is 2.56. The summed E-state index contributed by atoms with van der Waals surface area (Å²) in [5, 5.41) is 8.74. The van der Waals surface area contributed by atoms with Crippen LogP contribution in [0.2, 0.25) is 0 Å². The van der Waals surface area contributed by atoms with Crippen LogP contribution in [0.25, 0.3) is 0 Å². The van der Waals surface area contributed by atoms with Crippen molar-refractivity contribution in [3.63, 3.8) is 0 Å². The second-order valence-corrected chi connectivity index (χ2v) is 2.78. The Bertz CT molecular complexity index is 207. The summed E-state index contributed by atoms with van der Waals surface area (Å²) in [7, 11) is 0. The Morgan fingerprint density at radius 2 is 2.70 bits per heavy atom. The van der Waals surface area contributed by atoms with Crippen molar-refractivity contribution in [2.75, 3.05) is 6.61 Å². The summed E-state index contributed by atoms with van der Waals surface area (Å²) in [5.41, 5.74) is 1.10. The van der Waals surface area contributed by atoms with Gasteiger partial charge in [-0.25, -0.2) is 4.98 Å². The summed E-state index contributed by atoms with van der Waals surface area (Å²) >= 11 is 0. The molecular formula is C7H10N2O. The minimum atomic E-state index is 0.303. The number of nitrogens with one attached hydrogen (secondary N) is 1. The van der Waals surface area contributed by atoms with Gasteiger partial charge in [0.15, 0.2) is 0 Å². The van der Waals surface area contributed by atoms with Gasteiger partial charge in [-0.3, -0.25) is 0 Å². The van der Waals surface area contributed by atoms with Crippen molar-refractivity contribution >= 4 is 0 Å². The molecular weight excluding hydrogens is 128 g/mol. The molecule has 0 bridgehead atoms. The molecule has 0 amide bonds. The Kier molecular flexibility index (Phi) is 1.24. The standard InChI is InChI=1S/C7H10N2O/c10-3-5-1-6(5)7-2-8-4-9-7/h2,4-6,10H,1,3H2,(H,8,9). The van der Waals surface area contributed by atoms with Crippen LogP contribution in [0.3, 0.4) is 0 Å². The van der Waals surface area contributed by atoms with Gasteiger partial charge in [0.05, 0.1) is 12.0 Å². The van der Waals surface area contributed by atoms with Gasteiger partial charge in [0.2, 0.25) is 0 Å². The Morgan fingerprint density at radius 3 is 3.20 bits per heavy atom. The second kappa shape index (κ2) is 2.09. The van der Waals surface area contributed by atoms with Crippen LogP contribution in [0.1, 0.15) is 18.0 Å². The molecule has 2 atom stereocenters. The summed E-state index contributed by atoms with van der Waals surface area (Å²) in [4.78, 5) is 7.01. The Hall–Kier alpha value is -0.830. The highest BCUT2D eigenvalue weighted by molar-refractivity contribution is 5.14. The zero-order chi connectivity index (χ0) is 6.97. The molecule has 2 N–H and O–H groups in total. The number of aromatic nitrogens is 2. The van der Waals surface area contributed by atoms with Gasteiger partial charge in [0, 0.05) is 18.7 Å². The van der Waals surface area contributed by atoms with Crippen molar-refractivity contribution in [2.45, 2.75) is 12.3 Å². The van der Waals surface area contributed by atoms with Gasteiger partial charge in [-0.2, -0.15) is 0 Å². The van der Waals surface area contributed by atoms with E-state index < -0.39 is 0 Å². The zero-order valence-corrected chi connectivity index (χ0v) is 5.62. The van der Waals surface area contributed by atoms with Crippen LogP contribution in [-0.2, 0) is 0 Å². The van der Waals surface area contributed by atoms with Crippen LogP contribution in [-0.4, -0.2) is 21.7 Å². The topological polar surface area (TPSA) is 48.9 Å². The van der Waals surface area contributed by atoms with E-state index in [9.17, 15) is 0 Å². The molecule has 1 fully saturated rings. The third-order valence-corrected chi connectivity index (χ3v) is 2.06. The van der Waals surface area contributed by atoms with E-state index in [-0.39, 0.29) is 0 Å². The highest BCUT2D eigenvalue weighted by Gasteiger charge is 2.38. The third kappa shape index (κ3) is 0.827. The predicted octanol–water partition coefficient (Wildman–Crippen LogP) is 0.505. The lowest BCUT2D eigenvalue weighted by Crippen LogP contribution is -1.87. The molecule has 10 heavy (non-hydrogen) atoms. The van der Waals surface area contributed by atoms with Crippen molar-refractivity contribution < 1.29 is 5.11 Å². The second-order valence-electron chi connectivity index (χ2n) is 2.78. The van der Waals surface area contributed by atoms with Gasteiger partial charge < -0.3 is 10.1 Å². The minimum Gasteiger partial charge on any atom is -0.396 e. The third-order valence-electron chi connectivity index (χ3n) is 2.06. The molecule has 54 valence electrons. The average molecular weight is 138 g/mol. The number of hydrogen-bond donors (Lipinski definition) is 2. The summed E-state index contributed by atoms with van der Waals surface area (Å²) in [6, 6.07) is 0. The number of aromatic amines is 1. The summed E-state index contributed by atoms with van der Waals surface area (Å²) in [6.45, 7) is 0.303. The number of imidazole rings is 1. The first-order valence-corrected chi connectivity index (χ1v) is 3.51. The van der Waals surface area contributed by atoms with Crippen LogP contribution < -0.4 is 0 Å². The van der Waals surface area contributed by atoms with E-state index in [0.29, 0.717) is 18.4 Å². The predicted molar refractivity (Wildman–Crippen MR) is 36.5 cm³/mol. The van der Waals surface area contributed by atoms with Gasteiger partial charge in [0.1, 0.15) is 0 Å². The summed E-state index contributed by atoms with van der Waals surface area (Å²) in [6.07, 6.45) is 4.68. The van der Waals surface area contributed by atoms with Crippen LogP contribution in [0, 0.1) is 5.92 Å². The quantitative estimate of drug-likeness (QED) is 0.625. The maximum atomic E-state index is 8.74. The smallest absolute Gasteiger partial charge is 0.0923 e. The number of rotatable bonds is 2. The molecule has 3 nitrogen and oxygen atoms in total. The van der Waals surface area contributed by atoms with Crippen molar-refractivity contribution in [3.8, 4) is 0 Å². The molecule has 2 rings (SSSR count). The lowest BCUT2D eigenvalue weighted by Gasteiger charge is -1.88. The molecule has 1 aliphatic rings. The number of aliphatic hydroxyl groups is 1. The van der Waals surface area contributed by atoms with Crippen molar-refractivity contribution in [2.24, 2.45) is 5.92 Å². The molecule has 0 aliphatic heterocycles. The molecule has 1 heterocycles. The fourth-order valence-electron chi connectivity index (χ4n) is 1.29. The van der Waals surface area contributed by atoms with E-state index in [2.05, 4.69) is 9.97 Å². The Balaban J connectivity index is 2.05. The van der Waals surface area contributed by atoms with Crippen molar-refractivity contribution in [1.82, 2.24) is 9.97 Å². The van der Waals surface area contributed by atoms with Gasteiger partial charge in [0.25, 0.3) is 0 Å². The van der Waals surface area contributed by atoms with Crippen LogP contribution >= 0.6 is 0 Å². The van der Waals surface area contributed by atoms with Crippen molar-refractivity contribution in [3.05, 3.63) is 18.2 Å². The van der Waals surface area contributed by atoms with Crippen LogP contribution in [0.5, 0.6) is 0 Å². The fraction of sp³-hybridized carbons (Fsp3) is 0.571. The molecule has 1 aliphatic carbocycles. The largest absolute Gasteiger partial charge is 0.396 e. The van der Waals surface area contributed by atoms with Gasteiger partial charge >= 0.3 is 0 Å². The molecule has 2 unspecified atom stereocenters. The first-order valence-electron chi connectivity index (χ1n) is 3.51. The fourth-order valence-corrected chi connectivity index (χ4v) is 1.29. The Labute approximate surface area is 59.1 Å². The van der Waals surface area contributed by atoms with Crippen molar-refractivity contribution in [1.29, 1.82) is 0 Å². The SMILES string of the molecule is OCC1CC1c1c[nH]cn1. The van der Waals surface area contributed by atoms with Gasteiger partial charge in [-0.1, -0.05) is 0 Å². The number of hydrogen-bond acceptors (Lipinski definition) is 2. The number of aliphatic hydroxyl groups excluding tert-OH is 1. The zero-order valence-electron chi connectivity index (χ0n) is 5.62. The molecule has 1 saturated carbocycles. The van der Waals surface area contributed by atoms with E-state index in [0.717, 1.165) is 12.1 Å². The molecule has 1 aromatic rings. The molecule has 1 aromatic heterocycles. The monoisotopic (exact) mass is 138 g/mol. The van der Waals surface area contributed by atoms with Gasteiger partial charge in [-0.15, -0.1) is 0 Å². The van der Waals surface area contributed by atoms with E-state index in [1.165, 1.54) is 0 Å². The molecule has 0 aromatic carbocycles. The Morgan fingerprint density at radius 1 is 1.80 bits per heavy atom. The van der Waals surface area contributed by atoms with E-state index in [4.69, 9.17) is 5.11 Å². The van der Waals surface area contributed by atoms with Crippen LogP contribution in [0.4, 0.5) is 0 Å². The normalized spacial score (nSPS) is 30.5. The summed E-state index contributed by atoms with van der Waals surface area (Å²) < 4.78 is 0. The van der Waals surface area contributed by atoms with Gasteiger partial charge in [-0.05, 0) is 12.3 Å². The first kappa shape index (κ1) is 5.92. The van der Waals surface area contributed by atoms with E-state index in [1.807, 2.05) is 6.20 Å². The molecule has 0 spiro atoms. The van der Waals surface area contributed by atoms with Crippen LogP contribution in [0.15, 0.2) is 12.5 Å². The highest BCUT2D eigenvalue weighted by atomic mass is 16.3. The lowest BCUT2D eigenvalue weighted by atomic mass is 10.2. The first-order chi connectivity index (χ1) is 4.92. The van der Waals surface area contributed by atoms with E-state index in [1.54, 1.807) is 6.33 Å². The maximum absolute atomic E-state index is 8.74. The molecule has 3 heteroatoms. The minimum absolute atomic E-state index is 0.303. The number of H-pyrrole nitrogens is 1.